The van der Waals surface area contributed by atoms with E-state index in [0.29, 0.717) is 11.6 Å². The van der Waals surface area contributed by atoms with Gasteiger partial charge in [0.05, 0.1) is 12.5 Å². The molecule has 2 rings (SSSR count). The largest absolute Gasteiger partial charge is 0.395 e. The summed E-state index contributed by atoms with van der Waals surface area (Å²) in [6.07, 6.45) is -5.28. The van der Waals surface area contributed by atoms with Crippen LogP contribution in [-0.2, 0) is 6.42 Å². The fourth-order valence-corrected chi connectivity index (χ4v) is 2.80. The van der Waals surface area contributed by atoms with Crippen molar-refractivity contribution in [3.63, 3.8) is 0 Å². The molecule has 3 nitrogen and oxygen atoms in total. The van der Waals surface area contributed by atoms with Crippen molar-refractivity contribution in [2.24, 2.45) is 0 Å². The Balaban J connectivity index is 2.22. The highest BCUT2D eigenvalue weighted by atomic mass is 32.1. The van der Waals surface area contributed by atoms with Crippen LogP contribution in [0.5, 0.6) is 0 Å². The van der Waals surface area contributed by atoms with Crippen LogP contribution in [0.25, 0.3) is 0 Å². The summed E-state index contributed by atoms with van der Waals surface area (Å²) in [6.45, 7) is 2.63. The van der Waals surface area contributed by atoms with Crippen molar-refractivity contribution in [1.29, 1.82) is 0 Å². The Morgan fingerprint density at radius 1 is 1.20 bits per heavy atom. The Hall–Kier alpha value is -1.47. The first-order valence-corrected chi connectivity index (χ1v) is 6.98. The molecule has 1 unspecified atom stereocenters. The molecule has 1 N–H and O–H groups in total. The molecule has 1 atom stereocenters. The number of hydrogen-bond donors (Lipinski definition) is 1. The number of halogens is 3. The van der Waals surface area contributed by atoms with Gasteiger partial charge in [-0.3, -0.25) is 0 Å². The maximum atomic E-state index is 12.3. The van der Waals surface area contributed by atoms with Gasteiger partial charge in [0.2, 0.25) is 0 Å². The lowest BCUT2D eigenvalue weighted by Gasteiger charge is -2.14. The van der Waals surface area contributed by atoms with E-state index in [0.717, 1.165) is 16.9 Å². The molecular formula is C13H14F3N3S. The molecule has 1 aromatic carbocycles. The summed E-state index contributed by atoms with van der Waals surface area (Å²) >= 11 is 0.998. The number of aromatic nitrogens is 2. The first kappa shape index (κ1) is 14.9. The van der Waals surface area contributed by atoms with Gasteiger partial charge in [-0.05, 0) is 12.1 Å². The van der Waals surface area contributed by atoms with Crippen molar-refractivity contribution >= 4 is 11.3 Å². The predicted octanol–water partition coefficient (Wildman–Crippen LogP) is 3.34. The topological polar surface area (TPSA) is 37.8 Å². The van der Waals surface area contributed by atoms with E-state index < -0.39 is 12.6 Å². The van der Waals surface area contributed by atoms with Gasteiger partial charge in [-0.2, -0.15) is 13.2 Å². The van der Waals surface area contributed by atoms with Gasteiger partial charge in [-0.15, -0.1) is 10.2 Å². The van der Waals surface area contributed by atoms with Gasteiger partial charge in [0, 0.05) is 0 Å². The second kappa shape index (κ2) is 6.32. The number of alkyl halides is 3. The van der Waals surface area contributed by atoms with Crippen LogP contribution in [0, 0.1) is 0 Å². The molecule has 0 radical (unpaired) electrons. The Morgan fingerprint density at radius 2 is 1.90 bits per heavy atom. The van der Waals surface area contributed by atoms with Crippen LogP contribution in [0.3, 0.4) is 0 Å². The van der Waals surface area contributed by atoms with Gasteiger partial charge in [0.1, 0.15) is 10.0 Å². The lowest BCUT2D eigenvalue weighted by molar-refractivity contribution is -0.127. The van der Waals surface area contributed by atoms with Crippen molar-refractivity contribution < 1.29 is 13.2 Å². The van der Waals surface area contributed by atoms with E-state index in [1.165, 1.54) is 0 Å². The highest BCUT2D eigenvalue weighted by Crippen LogP contribution is 2.28. The molecule has 0 aliphatic rings. The Bertz CT molecular complexity index is 539. The molecule has 0 saturated heterocycles. The molecule has 20 heavy (non-hydrogen) atoms. The molecule has 108 valence electrons. The van der Waals surface area contributed by atoms with Crippen LogP contribution in [-0.4, -0.2) is 22.9 Å². The first-order valence-electron chi connectivity index (χ1n) is 6.17. The summed E-state index contributed by atoms with van der Waals surface area (Å²) < 4.78 is 37.0. The summed E-state index contributed by atoms with van der Waals surface area (Å²) in [6, 6.07) is 9.27. The van der Waals surface area contributed by atoms with E-state index in [9.17, 15) is 13.2 Å². The van der Waals surface area contributed by atoms with E-state index >= 15 is 0 Å². The Kier molecular flexibility index (Phi) is 4.72. The highest BCUT2D eigenvalue weighted by Gasteiger charge is 2.30. The third-order valence-corrected chi connectivity index (χ3v) is 3.61. The third kappa shape index (κ3) is 4.01. The number of nitrogens with zero attached hydrogens (tertiary/aromatic N) is 2. The van der Waals surface area contributed by atoms with Crippen molar-refractivity contribution in [2.75, 3.05) is 6.54 Å². The van der Waals surface area contributed by atoms with Gasteiger partial charge in [-0.25, -0.2) is 0 Å². The molecule has 0 aliphatic carbocycles. The van der Waals surface area contributed by atoms with E-state index in [1.807, 2.05) is 37.3 Å². The van der Waals surface area contributed by atoms with Gasteiger partial charge >= 0.3 is 6.18 Å². The van der Waals surface area contributed by atoms with E-state index in [-0.39, 0.29) is 11.0 Å². The summed E-state index contributed by atoms with van der Waals surface area (Å²) in [4.78, 5) is 0. The number of benzene rings is 1. The zero-order valence-electron chi connectivity index (χ0n) is 10.8. The summed E-state index contributed by atoms with van der Waals surface area (Å²) in [5, 5.41) is 11.3. The molecule has 1 aromatic heterocycles. The monoisotopic (exact) mass is 301 g/mol. The van der Waals surface area contributed by atoms with Crippen molar-refractivity contribution in [3.05, 3.63) is 45.9 Å². The first-order chi connectivity index (χ1) is 9.49. The van der Waals surface area contributed by atoms with E-state index in [4.69, 9.17) is 0 Å². The normalized spacial score (nSPS) is 13.4. The lowest BCUT2D eigenvalue weighted by atomic mass is 10.1. The maximum Gasteiger partial charge on any atom is 0.395 e. The molecule has 0 aliphatic heterocycles. The standard InChI is InChI=1S/C13H14F3N3S/c1-2-17-11(9-6-4-3-5-7-9)12-19-18-10(20-12)8-13(14,15)16/h3-7,11,17H,2,8H2,1H3. The van der Waals surface area contributed by atoms with Crippen LogP contribution in [0.15, 0.2) is 30.3 Å². The molecular weight excluding hydrogens is 287 g/mol. The van der Waals surface area contributed by atoms with Crippen molar-refractivity contribution in [3.8, 4) is 0 Å². The molecule has 1 heterocycles. The molecule has 0 saturated carbocycles. The molecule has 2 aromatic rings. The Morgan fingerprint density at radius 3 is 2.50 bits per heavy atom. The Labute approximate surface area is 118 Å². The minimum atomic E-state index is -4.25. The SMILES string of the molecule is CCNC(c1ccccc1)c1nnc(CC(F)(F)F)s1. The van der Waals surface area contributed by atoms with Gasteiger partial charge in [0.25, 0.3) is 0 Å². The third-order valence-electron chi connectivity index (χ3n) is 2.62. The molecule has 0 spiro atoms. The molecule has 0 fully saturated rings. The van der Waals surface area contributed by atoms with Crippen LogP contribution in [0.2, 0.25) is 0 Å². The quantitative estimate of drug-likeness (QED) is 0.920. The average molecular weight is 301 g/mol. The van der Waals surface area contributed by atoms with Crippen LogP contribution >= 0.6 is 11.3 Å². The van der Waals surface area contributed by atoms with Crippen molar-refractivity contribution in [2.45, 2.75) is 25.6 Å². The highest BCUT2D eigenvalue weighted by molar-refractivity contribution is 7.11. The molecule has 0 bridgehead atoms. The minimum absolute atomic E-state index is 0.00802. The average Bonchev–Trinajstić information content (AvgIpc) is 2.83. The molecule has 0 amide bonds. The van der Waals surface area contributed by atoms with Crippen LogP contribution in [0.4, 0.5) is 13.2 Å². The second-order valence-electron chi connectivity index (χ2n) is 4.23. The van der Waals surface area contributed by atoms with Crippen LogP contribution < -0.4 is 5.32 Å². The summed E-state index contributed by atoms with van der Waals surface area (Å²) in [7, 11) is 0. The van der Waals surface area contributed by atoms with Gasteiger partial charge in [-0.1, -0.05) is 48.6 Å². The number of nitrogens with one attached hydrogen (secondary N) is 1. The number of rotatable bonds is 5. The minimum Gasteiger partial charge on any atom is -0.304 e. The van der Waals surface area contributed by atoms with Crippen molar-refractivity contribution in [1.82, 2.24) is 15.5 Å². The summed E-state index contributed by atoms with van der Waals surface area (Å²) in [5.74, 6) is 0. The zero-order chi connectivity index (χ0) is 14.6. The van der Waals surface area contributed by atoms with Gasteiger partial charge < -0.3 is 5.32 Å². The lowest BCUT2D eigenvalue weighted by Crippen LogP contribution is -2.21. The number of hydrogen-bond acceptors (Lipinski definition) is 4. The van der Waals surface area contributed by atoms with Gasteiger partial charge in [0.15, 0.2) is 0 Å². The fourth-order valence-electron chi connectivity index (χ4n) is 1.82. The predicted molar refractivity (Wildman–Crippen MR) is 71.6 cm³/mol. The van der Waals surface area contributed by atoms with E-state index in [1.54, 1.807) is 0 Å². The zero-order valence-corrected chi connectivity index (χ0v) is 11.6. The fraction of sp³-hybridized carbons (Fsp3) is 0.385. The smallest absolute Gasteiger partial charge is 0.304 e. The van der Waals surface area contributed by atoms with Crippen LogP contribution in [0.1, 0.15) is 28.5 Å². The molecule has 7 heteroatoms. The summed E-state index contributed by atoms with van der Waals surface area (Å²) in [5.41, 5.74) is 0.962. The van der Waals surface area contributed by atoms with E-state index in [2.05, 4.69) is 15.5 Å². The maximum absolute atomic E-state index is 12.3. The second-order valence-corrected chi connectivity index (χ2v) is 5.32.